The predicted molar refractivity (Wildman–Crippen MR) is 115 cm³/mol. The minimum Gasteiger partial charge on any atom is -0.400 e. The van der Waals surface area contributed by atoms with E-state index in [2.05, 4.69) is 71.3 Å². The number of aromatic nitrogens is 1. The summed E-state index contributed by atoms with van der Waals surface area (Å²) in [5.74, 6) is 0. The Balaban J connectivity index is 0. The average Bonchev–Trinajstić information content (AvgIpc) is 3.19. The van der Waals surface area contributed by atoms with Crippen LogP contribution in [0.5, 0.6) is 0 Å². The lowest BCUT2D eigenvalue weighted by Crippen LogP contribution is -2.40. The molecule has 1 unspecified atom stereocenters. The first-order valence-electron chi connectivity index (χ1n) is 9.62. The third-order valence-electron chi connectivity index (χ3n) is 3.87. The van der Waals surface area contributed by atoms with Crippen molar-refractivity contribution in [3.63, 3.8) is 0 Å². The van der Waals surface area contributed by atoms with Gasteiger partial charge in [0, 0.05) is 38.9 Å². The highest BCUT2D eigenvalue weighted by molar-refractivity contribution is 5.36. The van der Waals surface area contributed by atoms with E-state index in [0.717, 1.165) is 26.6 Å². The van der Waals surface area contributed by atoms with Gasteiger partial charge in [-0.15, -0.1) is 0 Å². The number of methoxy groups -OCH3 is 1. The van der Waals surface area contributed by atoms with E-state index in [4.69, 9.17) is 5.11 Å². The van der Waals surface area contributed by atoms with Gasteiger partial charge < -0.3 is 19.7 Å². The fourth-order valence-corrected chi connectivity index (χ4v) is 2.62. The average molecular weight is 365 g/mol. The summed E-state index contributed by atoms with van der Waals surface area (Å²) in [6.07, 6.45) is 17.9. The zero-order valence-corrected chi connectivity index (χ0v) is 17.8. The smallest absolute Gasteiger partial charge is 0.0771 e. The van der Waals surface area contributed by atoms with Gasteiger partial charge in [-0.05, 0) is 50.3 Å². The van der Waals surface area contributed by atoms with Crippen molar-refractivity contribution >= 4 is 6.20 Å². The van der Waals surface area contributed by atoms with Gasteiger partial charge in [0.25, 0.3) is 0 Å². The van der Waals surface area contributed by atoms with Crippen molar-refractivity contribution in [1.82, 2.24) is 9.88 Å². The van der Waals surface area contributed by atoms with Crippen LogP contribution in [-0.2, 0) is 10.3 Å². The minimum atomic E-state index is 0.0320. The summed E-state index contributed by atoms with van der Waals surface area (Å²) in [6.45, 7) is 11.3. The molecule has 1 aliphatic heterocycles. The summed E-state index contributed by atoms with van der Waals surface area (Å²) in [4.78, 5) is 0. The van der Waals surface area contributed by atoms with E-state index in [9.17, 15) is 0 Å². The Bertz CT molecular complexity index is 502. The first-order chi connectivity index (χ1) is 12.7. The normalized spacial score (nSPS) is 20.9. The molecule has 0 aliphatic carbocycles. The molecule has 0 saturated carbocycles. The van der Waals surface area contributed by atoms with Gasteiger partial charge in [-0.1, -0.05) is 46.3 Å². The molecular weight excluding hydrogens is 324 g/mol. The van der Waals surface area contributed by atoms with E-state index in [1.54, 1.807) is 7.11 Å². The Morgan fingerprint density at radius 1 is 1.08 bits per heavy atom. The summed E-state index contributed by atoms with van der Waals surface area (Å²) in [5.41, 5.74) is 1.37. The largest absolute Gasteiger partial charge is 0.400 e. The number of aliphatic hydroxyl groups is 1. The van der Waals surface area contributed by atoms with E-state index < -0.39 is 0 Å². The van der Waals surface area contributed by atoms with Crippen LogP contribution in [0, 0.1) is 0 Å². The maximum Gasteiger partial charge on any atom is 0.0771 e. The Labute approximate surface area is 161 Å². The van der Waals surface area contributed by atoms with Crippen LogP contribution in [0.1, 0.15) is 59.6 Å². The highest BCUT2D eigenvalue weighted by Crippen LogP contribution is 2.31. The Hall–Kier alpha value is -1.78. The predicted octanol–water partition coefficient (Wildman–Crippen LogP) is 5.32. The van der Waals surface area contributed by atoms with E-state index in [-0.39, 0.29) is 5.54 Å². The van der Waals surface area contributed by atoms with Crippen molar-refractivity contribution in [2.45, 2.75) is 59.4 Å². The molecule has 4 nitrogen and oxygen atoms in total. The number of aliphatic hydroxyl groups excluding tert-OH is 1. The summed E-state index contributed by atoms with van der Waals surface area (Å²) >= 11 is 0. The topological polar surface area (TPSA) is 46.4 Å². The molecule has 1 aromatic heterocycles. The number of hydrogen-bond donors (Lipinski definition) is 2. The number of ether oxygens (including phenoxy) is 1. The minimum absolute atomic E-state index is 0.0320. The number of nitrogens with zero attached hydrogens (tertiary/aromatic N) is 1. The van der Waals surface area contributed by atoms with Gasteiger partial charge in [0.1, 0.15) is 0 Å². The van der Waals surface area contributed by atoms with Crippen molar-refractivity contribution in [2.24, 2.45) is 0 Å². The number of fused-ring (bicyclic) bond motifs is 1. The van der Waals surface area contributed by atoms with Crippen molar-refractivity contribution in [1.29, 1.82) is 0 Å². The monoisotopic (exact) mass is 364 g/mol. The fraction of sp³-hybridized carbons (Fsp3) is 0.545. The standard InChI is InChI=1S/C16H22N2.C3H8O.C2H6.CH4O/c1-3-11-16(4-2)15-10-9-14-18(15)13-8-6-5-7-12-17-16;1-3-4-2;2*1-2/h5-10,12-14,17H,3-4,11H2,1-2H3;3H2,1-2H3;1-2H3;2H,1H3/b6-5-,12-7+,13-8+;;;. The number of rotatable bonds is 4. The lowest BCUT2D eigenvalue weighted by atomic mass is 9.87. The maximum atomic E-state index is 7.00. The van der Waals surface area contributed by atoms with E-state index in [1.807, 2.05) is 32.9 Å². The van der Waals surface area contributed by atoms with Crippen LogP contribution < -0.4 is 5.32 Å². The first-order valence-corrected chi connectivity index (χ1v) is 9.62. The van der Waals surface area contributed by atoms with Crippen LogP contribution in [0.15, 0.2) is 48.8 Å². The molecule has 0 amide bonds. The molecule has 0 saturated heterocycles. The SMILES string of the molecule is CC.CCCC1(CC)N/C=C/C=C\C=C\n2cccc21.CCOC.CO. The van der Waals surface area contributed by atoms with Gasteiger partial charge in [-0.25, -0.2) is 0 Å². The molecule has 4 heteroatoms. The van der Waals surface area contributed by atoms with Crippen LogP contribution in [0.25, 0.3) is 6.20 Å². The van der Waals surface area contributed by atoms with Crippen LogP contribution in [0.2, 0.25) is 0 Å². The van der Waals surface area contributed by atoms with E-state index >= 15 is 0 Å². The lowest BCUT2D eigenvalue weighted by molar-refractivity contribution is 0.215. The molecule has 2 N–H and O–H groups in total. The molecule has 2 heterocycles. The first kappa shape index (κ1) is 26.4. The van der Waals surface area contributed by atoms with Crippen LogP contribution >= 0.6 is 0 Å². The van der Waals surface area contributed by atoms with Crippen LogP contribution in [0.4, 0.5) is 0 Å². The van der Waals surface area contributed by atoms with Gasteiger partial charge in [-0.2, -0.15) is 0 Å². The number of hydrogen-bond acceptors (Lipinski definition) is 3. The summed E-state index contributed by atoms with van der Waals surface area (Å²) < 4.78 is 6.76. The number of nitrogens with one attached hydrogen (secondary N) is 1. The van der Waals surface area contributed by atoms with Gasteiger partial charge in [0.2, 0.25) is 0 Å². The second-order valence-electron chi connectivity index (χ2n) is 5.29. The quantitative estimate of drug-likeness (QED) is 0.759. The molecular formula is C22H40N2O2. The third kappa shape index (κ3) is 9.07. The Kier molecular flexibility index (Phi) is 18.3. The molecule has 0 radical (unpaired) electrons. The summed E-state index contributed by atoms with van der Waals surface area (Å²) in [5, 5.41) is 10.6. The highest BCUT2D eigenvalue weighted by atomic mass is 16.5. The summed E-state index contributed by atoms with van der Waals surface area (Å²) in [7, 11) is 2.68. The van der Waals surface area contributed by atoms with Crippen molar-refractivity contribution in [3.8, 4) is 0 Å². The highest BCUT2D eigenvalue weighted by Gasteiger charge is 2.30. The molecule has 0 bridgehead atoms. The lowest BCUT2D eigenvalue weighted by Gasteiger charge is -2.34. The maximum absolute atomic E-state index is 7.00. The van der Waals surface area contributed by atoms with Crippen molar-refractivity contribution in [2.75, 3.05) is 20.8 Å². The van der Waals surface area contributed by atoms with Crippen LogP contribution in [-0.4, -0.2) is 30.5 Å². The van der Waals surface area contributed by atoms with Gasteiger partial charge in [-0.3, -0.25) is 0 Å². The molecule has 1 aromatic rings. The van der Waals surface area contributed by atoms with E-state index in [1.165, 1.54) is 12.1 Å². The summed E-state index contributed by atoms with van der Waals surface area (Å²) in [6, 6.07) is 4.34. The van der Waals surface area contributed by atoms with Gasteiger partial charge in [0.05, 0.1) is 5.54 Å². The van der Waals surface area contributed by atoms with E-state index in [0.29, 0.717) is 0 Å². The second-order valence-corrected chi connectivity index (χ2v) is 5.29. The molecule has 1 atom stereocenters. The van der Waals surface area contributed by atoms with Crippen molar-refractivity contribution in [3.05, 3.63) is 54.5 Å². The number of allylic oxidation sites excluding steroid dienone is 4. The molecule has 1 aliphatic rings. The molecule has 26 heavy (non-hydrogen) atoms. The zero-order chi connectivity index (χ0) is 20.3. The molecule has 0 aromatic carbocycles. The molecule has 2 rings (SSSR count). The van der Waals surface area contributed by atoms with Crippen LogP contribution in [0.3, 0.4) is 0 Å². The van der Waals surface area contributed by atoms with Crippen molar-refractivity contribution < 1.29 is 9.84 Å². The Morgan fingerprint density at radius 3 is 2.23 bits per heavy atom. The second kappa shape index (κ2) is 18.0. The molecule has 150 valence electrons. The van der Waals surface area contributed by atoms with Gasteiger partial charge >= 0.3 is 0 Å². The van der Waals surface area contributed by atoms with Gasteiger partial charge in [0.15, 0.2) is 0 Å². The molecule has 0 fully saturated rings. The Morgan fingerprint density at radius 2 is 1.69 bits per heavy atom. The fourth-order valence-electron chi connectivity index (χ4n) is 2.62. The third-order valence-corrected chi connectivity index (χ3v) is 3.87. The molecule has 0 spiro atoms. The zero-order valence-electron chi connectivity index (χ0n) is 17.8.